The predicted molar refractivity (Wildman–Crippen MR) is 60.6 cm³/mol. The van der Waals surface area contributed by atoms with E-state index in [0.29, 0.717) is 5.82 Å². The zero-order chi connectivity index (χ0) is 11.5. The average molecular weight is 221 g/mol. The van der Waals surface area contributed by atoms with Gasteiger partial charge in [0.25, 0.3) is 0 Å². The molecule has 1 aromatic rings. The van der Waals surface area contributed by atoms with E-state index in [9.17, 15) is 4.79 Å². The number of hydrogen-bond acceptors (Lipinski definition) is 4. The van der Waals surface area contributed by atoms with Crippen LogP contribution in [0.2, 0.25) is 0 Å². The van der Waals surface area contributed by atoms with Crippen molar-refractivity contribution in [3.8, 4) is 0 Å². The van der Waals surface area contributed by atoms with Gasteiger partial charge in [-0.05, 0) is 25.0 Å². The van der Waals surface area contributed by atoms with Gasteiger partial charge in [0, 0.05) is 25.3 Å². The van der Waals surface area contributed by atoms with Crippen molar-refractivity contribution in [1.29, 1.82) is 0 Å². The van der Waals surface area contributed by atoms with Gasteiger partial charge in [-0.1, -0.05) is 0 Å². The van der Waals surface area contributed by atoms with Crippen molar-refractivity contribution in [2.75, 3.05) is 18.0 Å². The Morgan fingerprint density at radius 2 is 2.44 bits per heavy atom. The zero-order valence-electron chi connectivity index (χ0n) is 8.97. The summed E-state index contributed by atoms with van der Waals surface area (Å²) in [7, 11) is 0. The van der Waals surface area contributed by atoms with Gasteiger partial charge in [-0.2, -0.15) is 0 Å². The molecule has 1 saturated heterocycles. The van der Waals surface area contributed by atoms with E-state index in [1.807, 2.05) is 4.90 Å². The second-order valence-electron chi connectivity index (χ2n) is 4.06. The molecule has 0 amide bonds. The Morgan fingerprint density at radius 3 is 3.12 bits per heavy atom. The number of carboxylic acid groups (broad SMARTS) is 1. The van der Waals surface area contributed by atoms with Crippen molar-refractivity contribution in [2.45, 2.75) is 18.9 Å². The van der Waals surface area contributed by atoms with Crippen LogP contribution < -0.4 is 10.6 Å². The highest BCUT2D eigenvalue weighted by molar-refractivity contribution is 5.88. The molecule has 0 spiro atoms. The lowest BCUT2D eigenvalue weighted by molar-refractivity contribution is 0.0697. The maximum atomic E-state index is 10.8. The molecule has 1 atom stereocenters. The second-order valence-corrected chi connectivity index (χ2v) is 4.06. The molecule has 0 bridgehead atoms. The number of hydrogen-bond donors (Lipinski definition) is 2. The summed E-state index contributed by atoms with van der Waals surface area (Å²) >= 11 is 0. The molecule has 3 N–H and O–H groups in total. The first-order valence-corrected chi connectivity index (χ1v) is 5.36. The number of piperidine rings is 1. The van der Waals surface area contributed by atoms with Crippen LogP contribution in [0.3, 0.4) is 0 Å². The molecule has 0 aliphatic carbocycles. The number of carbonyl (C=O) groups is 1. The summed E-state index contributed by atoms with van der Waals surface area (Å²) < 4.78 is 0. The highest BCUT2D eigenvalue weighted by Gasteiger charge is 2.18. The maximum Gasteiger partial charge on any atom is 0.335 e. The zero-order valence-corrected chi connectivity index (χ0v) is 8.97. The first-order valence-electron chi connectivity index (χ1n) is 5.36. The predicted octanol–water partition coefficient (Wildman–Crippen LogP) is 0.707. The van der Waals surface area contributed by atoms with E-state index in [1.165, 1.54) is 12.3 Å². The van der Waals surface area contributed by atoms with E-state index in [-0.39, 0.29) is 11.6 Å². The van der Waals surface area contributed by atoms with Gasteiger partial charge in [-0.3, -0.25) is 0 Å². The first kappa shape index (κ1) is 10.9. The molecule has 2 heterocycles. The number of nitrogens with zero attached hydrogens (tertiary/aromatic N) is 2. The van der Waals surface area contributed by atoms with Crippen LogP contribution in [0.5, 0.6) is 0 Å². The van der Waals surface area contributed by atoms with Crippen LogP contribution in [0.25, 0.3) is 0 Å². The highest BCUT2D eigenvalue weighted by atomic mass is 16.4. The topological polar surface area (TPSA) is 79.5 Å². The van der Waals surface area contributed by atoms with Gasteiger partial charge in [-0.25, -0.2) is 9.78 Å². The quantitative estimate of drug-likeness (QED) is 0.768. The second kappa shape index (κ2) is 4.49. The fraction of sp³-hybridized carbons (Fsp3) is 0.455. The largest absolute Gasteiger partial charge is 0.478 e. The Bertz CT molecular complexity index is 395. The number of carboxylic acids is 1. The summed E-state index contributed by atoms with van der Waals surface area (Å²) in [5.74, 6) is -0.222. The number of pyridine rings is 1. The molecule has 2 rings (SSSR count). The average Bonchev–Trinajstić information content (AvgIpc) is 2.29. The van der Waals surface area contributed by atoms with E-state index in [0.717, 1.165) is 25.9 Å². The number of aromatic carboxylic acids is 1. The third kappa shape index (κ3) is 2.30. The first-order chi connectivity index (χ1) is 7.66. The SMILES string of the molecule is N[C@H]1CCCN(c2cc(C(=O)O)ccn2)C1. The van der Waals surface area contributed by atoms with E-state index in [1.54, 1.807) is 6.07 Å². The summed E-state index contributed by atoms with van der Waals surface area (Å²) in [5.41, 5.74) is 6.14. The standard InChI is InChI=1S/C11H15N3O2/c12-9-2-1-5-14(7-9)10-6-8(11(15)16)3-4-13-10/h3-4,6,9H,1-2,5,7,12H2,(H,15,16)/t9-/m0/s1. The number of anilines is 1. The van der Waals surface area contributed by atoms with Crippen LogP contribution in [0.4, 0.5) is 5.82 Å². The van der Waals surface area contributed by atoms with Crippen LogP contribution in [0, 0.1) is 0 Å². The Kier molecular flexibility index (Phi) is 3.05. The Morgan fingerprint density at radius 1 is 1.62 bits per heavy atom. The summed E-state index contributed by atoms with van der Waals surface area (Å²) in [6.45, 7) is 1.64. The Balaban J connectivity index is 2.19. The molecule has 1 fully saturated rings. The molecule has 0 saturated carbocycles. The summed E-state index contributed by atoms with van der Waals surface area (Å²) in [6.07, 6.45) is 3.58. The van der Waals surface area contributed by atoms with Crippen LogP contribution in [-0.4, -0.2) is 35.2 Å². The van der Waals surface area contributed by atoms with Gasteiger partial charge in [0.05, 0.1) is 5.56 Å². The minimum Gasteiger partial charge on any atom is -0.478 e. The third-order valence-electron chi connectivity index (χ3n) is 2.77. The Labute approximate surface area is 93.9 Å². The van der Waals surface area contributed by atoms with Gasteiger partial charge in [0.1, 0.15) is 5.82 Å². The van der Waals surface area contributed by atoms with Gasteiger partial charge in [0.15, 0.2) is 0 Å². The third-order valence-corrected chi connectivity index (χ3v) is 2.77. The maximum absolute atomic E-state index is 10.8. The van der Waals surface area contributed by atoms with E-state index >= 15 is 0 Å². The molecule has 0 aromatic carbocycles. The molecule has 0 radical (unpaired) electrons. The number of aromatic nitrogens is 1. The van der Waals surface area contributed by atoms with Gasteiger partial charge in [-0.15, -0.1) is 0 Å². The lowest BCUT2D eigenvalue weighted by Gasteiger charge is -2.31. The van der Waals surface area contributed by atoms with Crippen molar-refractivity contribution in [1.82, 2.24) is 4.98 Å². The minimum atomic E-state index is -0.926. The van der Waals surface area contributed by atoms with Crippen LogP contribution in [-0.2, 0) is 0 Å². The van der Waals surface area contributed by atoms with Crippen molar-refractivity contribution in [2.24, 2.45) is 5.73 Å². The van der Waals surface area contributed by atoms with Gasteiger partial charge >= 0.3 is 5.97 Å². The molecule has 1 aromatic heterocycles. The molecule has 0 unspecified atom stereocenters. The lowest BCUT2D eigenvalue weighted by atomic mass is 10.1. The molecule has 1 aliphatic rings. The fourth-order valence-electron chi connectivity index (χ4n) is 1.94. The van der Waals surface area contributed by atoms with Gasteiger partial charge < -0.3 is 15.7 Å². The highest BCUT2D eigenvalue weighted by Crippen LogP contribution is 2.17. The van der Waals surface area contributed by atoms with Crippen molar-refractivity contribution < 1.29 is 9.90 Å². The van der Waals surface area contributed by atoms with E-state index in [4.69, 9.17) is 10.8 Å². The molecular formula is C11H15N3O2. The number of nitrogens with two attached hydrogens (primary N) is 1. The van der Waals surface area contributed by atoms with Crippen LogP contribution in [0.15, 0.2) is 18.3 Å². The summed E-state index contributed by atoms with van der Waals surface area (Å²) in [6, 6.07) is 3.25. The van der Waals surface area contributed by atoms with E-state index < -0.39 is 5.97 Å². The normalized spacial score (nSPS) is 20.8. The Hall–Kier alpha value is -1.62. The minimum absolute atomic E-state index is 0.157. The van der Waals surface area contributed by atoms with E-state index in [2.05, 4.69) is 4.98 Å². The van der Waals surface area contributed by atoms with Crippen molar-refractivity contribution >= 4 is 11.8 Å². The molecule has 86 valence electrons. The van der Waals surface area contributed by atoms with Crippen molar-refractivity contribution in [3.05, 3.63) is 23.9 Å². The monoisotopic (exact) mass is 221 g/mol. The molecular weight excluding hydrogens is 206 g/mol. The smallest absolute Gasteiger partial charge is 0.335 e. The van der Waals surface area contributed by atoms with Crippen LogP contribution in [0.1, 0.15) is 23.2 Å². The fourth-order valence-corrected chi connectivity index (χ4v) is 1.94. The molecule has 1 aliphatic heterocycles. The van der Waals surface area contributed by atoms with Crippen molar-refractivity contribution in [3.63, 3.8) is 0 Å². The van der Waals surface area contributed by atoms with Gasteiger partial charge in [0.2, 0.25) is 0 Å². The molecule has 16 heavy (non-hydrogen) atoms. The molecule has 5 heteroatoms. The number of rotatable bonds is 2. The molecule has 5 nitrogen and oxygen atoms in total. The lowest BCUT2D eigenvalue weighted by Crippen LogP contribution is -2.43. The summed E-state index contributed by atoms with van der Waals surface area (Å²) in [4.78, 5) is 17.1. The summed E-state index contributed by atoms with van der Waals surface area (Å²) in [5, 5.41) is 8.89. The van der Waals surface area contributed by atoms with Crippen LogP contribution >= 0.6 is 0 Å².